The molecule has 1 rings (SSSR count). The zero-order chi connectivity index (χ0) is 15.3. The van der Waals surface area contributed by atoms with E-state index in [2.05, 4.69) is 10.1 Å². The van der Waals surface area contributed by atoms with Crippen LogP contribution in [0.2, 0.25) is 0 Å². The molecule has 4 nitrogen and oxygen atoms in total. The first-order valence-electron chi connectivity index (χ1n) is 6.42. The van der Waals surface area contributed by atoms with Gasteiger partial charge in [0.15, 0.2) is 0 Å². The van der Waals surface area contributed by atoms with Gasteiger partial charge in [0.25, 0.3) is 0 Å². The lowest BCUT2D eigenvalue weighted by Gasteiger charge is -2.31. The maximum Gasteiger partial charge on any atom is 0.387 e. The third kappa shape index (κ3) is 3.90. The van der Waals surface area contributed by atoms with Gasteiger partial charge in [-0.3, -0.25) is 10.1 Å². The number of rotatable bonds is 7. The van der Waals surface area contributed by atoms with Crippen LogP contribution >= 0.6 is 0 Å². The standard InChI is InChI=1S/C14H20F2N2O2/c1-4-9(2)18-14(3,12(17)19)10-6-5-7-11(8-10)20-13(15)16/h5-9,13,18H,4H2,1-3H3,(H2,17,19). The smallest absolute Gasteiger partial charge is 0.387 e. The normalized spacial score (nSPS) is 15.7. The second-order valence-corrected chi connectivity index (χ2v) is 4.85. The number of alkyl halides is 2. The topological polar surface area (TPSA) is 64.3 Å². The van der Waals surface area contributed by atoms with Crippen molar-refractivity contribution in [3.05, 3.63) is 29.8 Å². The molecule has 1 amide bonds. The number of nitrogens with two attached hydrogens (primary N) is 1. The number of primary amides is 1. The molecule has 20 heavy (non-hydrogen) atoms. The molecule has 0 fully saturated rings. The predicted molar refractivity (Wildman–Crippen MR) is 72.5 cm³/mol. The van der Waals surface area contributed by atoms with Gasteiger partial charge in [-0.05, 0) is 38.0 Å². The van der Waals surface area contributed by atoms with Gasteiger partial charge in [0, 0.05) is 6.04 Å². The van der Waals surface area contributed by atoms with Crippen LogP contribution in [-0.4, -0.2) is 18.6 Å². The fraction of sp³-hybridized carbons (Fsp3) is 0.500. The number of benzene rings is 1. The fourth-order valence-electron chi connectivity index (χ4n) is 1.87. The second kappa shape index (κ2) is 6.65. The van der Waals surface area contributed by atoms with Gasteiger partial charge >= 0.3 is 6.61 Å². The zero-order valence-corrected chi connectivity index (χ0v) is 11.8. The molecule has 2 atom stereocenters. The van der Waals surface area contributed by atoms with Crippen molar-refractivity contribution in [1.82, 2.24) is 5.32 Å². The van der Waals surface area contributed by atoms with Gasteiger partial charge in [-0.25, -0.2) is 0 Å². The molecule has 6 heteroatoms. The highest BCUT2D eigenvalue weighted by molar-refractivity contribution is 5.85. The Labute approximate surface area is 117 Å². The molecule has 3 N–H and O–H groups in total. The van der Waals surface area contributed by atoms with Crippen molar-refractivity contribution in [2.75, 3.05) is 0 Å². The monoisotopic (exact) mass is 286 g/mol. The first-order valence-corrected chi connectivity index (χ1v) is 6.42. The molecule has 0 aliphatic rings. The van der Waals surface area contributed by atoms with E-state index in [1.54, 1.807) is 19.1 Å². The van der Waals surface area contributed by atoms with Gasteiger partial charge < -0.3 is 10.5 Å². The third-order valence-corrected chi connectivity index (χ3v) is 3.28. The SMILES string of the molecule is CCC(C)NC(C)(C(N)=O)c1cccc(OC(F)F)c1. The Morgan fingerprint density at radius 3 is 2.65 bits per heavy atom. The van der Waals surface area contributed by atoms with E-state index in [9.17, 15) is 13.6 Å². The molecule has 0 aliphatic heterocycles. The number of carbonyl (C=O) groups is 1. The molecule has 112 valence electrons. The lowest BCUT2D eigenvalue weighted by molar-refractivity contribution is -0.124. The maximum absolute atomic E-state index is 12.2. The molecule has 0 aromatic heterocycles. The molecule has 0 saturated carbocycles. The van der Waals surface area contributed by atoms with Crippen molar-refractivity contribution in [1.29, 1.82) is 0 Å². The summed E-state index contributed by atoms with van der Waals surface area (Å²) in [7, 11) is 0. The third-order valence-electron chi connectivity index (χ3n) is 3.28. The molecule has 0 aliphatic carbocycles. The Morgan fingerprint density at radius 1 is 1.50 bits per heavy atom. The zero-order valence-electron chi connectivity index (χ0n) is 11.8. The van der Waals surface area contributed by atoms with E-state index < -0.39 is 18.1 Å². The van der Waals surface area contributed by atoms with E-state index in [1.165, 1.54) is 12.1 Å². The van der Waals surface area contributed by atoms with Crippen LogP contribution in [0.25, 0.3) is 0 Å². The van der Waals surface area contributed by atoms with E-state index in [4.69, 9.17) is 5.73 Å². The summed E-state index contributed by atoms with van der Waals surface area (Å²) < 4.78 is 28.8. The molecule has 0 radical (unpaired) electrons. The molecule has 1 aromatic rings. The minimum absolute atomic E-state index is 0.00377. The minimum Gasteiger partial charge on any atom is -0.435 e. The Hall–Kier alpha value is -1.69. The fourth-order valence-corrected chi connectivity index (χ4v) is 1.87. The summed E-state index contributed by atoms with van der Waals surface area (Å²) in [5.74, 6) is -0.581. The number of carbonyl (C=O) groups excluding carboxylic acids is 1. The molecule has 0 saturated heterocycles. The van der Waals surface area contributed by atoms with E-state index in [1.807, 2.05) is 13.8 Å². The highest BCUT2D eigenvalue weighted by Crippen LogP contribution is 2.26. The van der Waals surface area contributed by atoms with Gasteiger partial charge in [0.1, 0.15) is 11.3 Å². The van der Waals surface area contributed by atoms with Crippen LogP contribution in [-0.2, 0) is 10.3 Å². The van der Waals surface area contributed by atoms with E-state index in [-0.39, 0.29) is 11.8 Å². The summed E-state index contributed by atoms with van der Waals surface area (Å²) >= 11 is 0. The van der Waals surface area contributed by atoms with Crippen LogP contribution < -0.4 is 15.8 Å². The summed E-state index contributed by atoms with van der Waals surface area (Å²) in [6.45, 7) is 2.60. The highest BCUT2D eigenvalue weighted by atomic mass is 19.3. The van der Waals surface area contributed by atoms with Crippen LogP contribution in [0, 0.1) is 0 Å². The van der Waals surface area contributed by atoms with E-state index in [0.717, 1.165) is 6.42 Å². The van der Waals surface area contributed by atoms with Crippen LogP contribution in [0.1, 0.15) is 32.8 Å². The Balaban J connectivity index is 3.11. The van der Waals surface area contributed by atoms with Gasteiger partial charge in [0.05, 0.1) is 0 Å². The molecule has 0 heterocycles. The Bertz CT molecular complexity index is 468. The summed E-state index contributed by atoms with van der Waals surface area (Å²) in [6.07, 6.45) is 0.802. The maximum atomic E-state index is 12.2. The second-order valence-electron chi connectivity index (χ2n) is 4.85. The van der Waals surface area contributed by atoms with Crippen molar-refractivity contribution >= 4 is 5.91 Å². The summed E-state index contributed by atoms with van der Waals surface area (Å²) in [6, 6.07) is 6.05. The minimum atomic E-state index is -2.91. The van der Waals surface area contributed by atoms with Crippen LogP contribution in [0.3, 0.4) is 0 Å². The van der Waals surface area contributed by atoms with Gasteiger partial charge in [-0.1, -0.05) is 19.1 Å². The van der Waals surface area contributed by atoms with Gasteiger partial charge in [0.2, 0.25) is 5.91 Å². The van der Waals surface area contributed by atoms with E-state index >= 15 is 0 Å². The van der Waals surface area contributed by atoms with Crippen molar-refractivity contribution < 1.29 is 18.3 Å². The molecule has 1 aromatic carbocycles. The number of halogens is 2. The largest absolute Gasteiger partial charge is 0.435 e. The van der Waals surface area contributed by atoms with Crippen molar-refractivity contribution in [3.8, 4) is 5.75 Å². The average molecular weight is 286 g/mol. The van der Waals surface area contributed by atoms with Crippen LogP contribution in [0.5, 0.6) is 5.75 Å². The summed E-state index contributed by atoms with van der Waals surface area (Å²) in [5.41, 5.74) is 4.81. The number of hydrogen-bond donors (Lipinski definition) is 2. The van der Waals surface area contributed by atoms with Crippen LogP contribution in [0.4, 0.5) is 8.78 Å². The predicted octanol–water partition coefficient (Wildman–Crippen LogP) is 2.38. The lowest BCUT2D eigenvalue weighted by Crippen LogP contribution is -2.53. The average Bonchev–Trinajstić information content (AvgIpc) is 2.37. The quantitative estimate of drug-likeness (QED) is 0.809. The number of ether oxygens (including phenoxy) is 1. The first kappa shape index (κ1) is 16.4. The van der Waals surface area contributed by atoms with Crippen molar-refractivity contribution in [3.63, 3.8) is 0 Å². The van der Waals surface area contributed by atoms with Crippen LogP contribution in [0.15, 0.2) is 24.3 Å². The van der Waals surface area contributed by atoms with E-state index in [0.29, 0.717) is 5.56 Å². The Kier molecular flexibility index (Phi) is 5.44. The van der Waals surface area contributed by atoms with Gasteiger partial charge in [-0.2, -0.15) is 8.78 Å². The first-order chi connectivity index (χ1) is 9.29. The Morgan fingerprint density at radius 2 is 2.15 bits per heavy atom. The van der Waals surface area contributed by atoms with Crippen molar-refractivity contribution in [2.24, 2.45) is 5.73 Å². The summed E-state index contributed by atoms with van der Waals surface area (Å²) in [4.78, 5) is 11.8. The molecule has 2 unspecified atom stereocenters. The number of hydrogen-bond acceptors (Lipinski definition) is 3. The molecule has 0 spiro atoms. The highest BCUT2D eigenvalue weighted by Gasteiger charge is 2.34. The summed E-state index contributed by atoms with van der Waals surface area (Å²) in [5, 5.41) is 3.12. The molecule has 0 bridgehead atoms. The number of nitrogens with one attached hydrogen (secondary N) is 1. The van der Waals surface area contributed by atoms with Crippen molar-refractivity contribution in [2.45, 2.75) is 45.4 Å². The lowest BCUT2D eigenvalue weighted by atomic mass is 9.90. The molecular weight excluding hydrogens is 266 g/mol. The molecular formula is C14H20F2N2O2. The number of amides is 1. The van der Waals surface area contributed by atoms with Gasteiger partial charge in [-0.15, -0.1) is 0 Å².